The van der Waals surface area contributed by atoms with Crippen LogP contribution in [0.15, 0.2) is 63.8 Å². The molecule has 0 amide bonds. The fraction of sp³-hybridized carbons (Fsp3) is 0.250. The third-order valence-corrected chi connectivity index (χ3v) is 5.88. The van der Waals surface area contributed by atoms with Gasteiger partial charge in [-0.15, -0.1) is 0 Å². The van der Waals surface area contributed by atoms with Crippen LogP contribution in [0, 0.1) is 0 Å². The Morgan fingerprint density at radius 1 is 1.00 bits per heavy atom. The first-order valence-corrected chi connectivity index (χ1v) is 9.90. The van der Waals surface area contributed by atoms with E-state index in [1.807, 2.05) is 42.5 Å². The smallest absolute Gasteiger partial charge is 0.226 e. The highest BCUT2D eigenvalue weighted by molar-refractivity contribution is 6.01. The molecule has 0 spiro atoms. The Balaban J connectivity index is 1.48. The summed E-state index contributed by atoms with van der Waals surface area (Å²) in [7, 11) is 0. The number of nitrogens with zero attached hydrogens (tertiary/aromatic N) is 1. The number of Topliss-reactive ketones (excluding diaryl/α,β-unsaturated/α-hetero) is 1. The molecule has 1 aliphatic heterocycles. The third-order valence-electron chi connectivity index (χ3n) is 5.88. The van der Waals surface area contributed by atoms with Crippen LogP contribution >= 0.6 is 0 Å². The summed E-state index contributed by atoms with van der Waals surface area (Å²) in [4.78, 5) is 17.4. The maximum Gasteiger partial charge on any atom is 0.226 e. The number of hydrogen-bond donors (Lipinski definition) is 0. The molecule has 2 aromatic heterocycles. The summed E-state index contributed by atoms with van der Waals surface area (Å²) in [5.74, 6) is 1.22. The number of oxazole rings is 1. The van der Waals surface area contributed by atoms with Gasteiger partial charge in [-0.25, -0.2) is 4.98 Å². The van der Waals surface area contributed by atoms with Gasteiger partial charge in [0.1, 0.15) is 28.9 Å². The summed E-state index contributed by atoms with van der Waals surface area (Å²) < 4.78 is 17.4. The van der Waals surface area contributed by atoms with Gasteiger partial charge in [0.25, 0.3) is 0 Å². The highest BCUT2D eigenvalue weighted by Crippen LogP contribution is 2.39. The van der Waals surface area contributed by atoms with E-state index in [9.17, 15) is 4.79 Å². The molecule has 146 valence electrons. The van der Waals surface area contributed by atoms with Crippen LogP contribution in [-0.2, 0) is 0 Å². The van der Waals surface area contributed by atoms with E-state index >= 15 is 0 Å². The number of ether oxygens (including phenoxy) is 1. The van der Waals surface area contributed by atoms with Crippen molar-refractivity contribution in [3.63, 3.8) is 0 Å². The van der Waals surface area contributed by atoms with Crippen LogP contribution in [0.3, 0.4) is 0 Å². The van der Waals surface area contributed by atoms with E-state index in [1.165, 1.54) is 0 Å². The Hall–Kier alpha value is -3.34. The number of carbonyl (C=O) groups excluding carboxylic acids is 1. The van der Waals surface area contributed by atoms with Crippen LogP contribution in [-0.4, -0.2) is 16.4 Å². The van der Waals surface area contributed by atoms with E-state index in [1.54, 1.807) is 12.5 Å². The van der Waals surface area contributed by atoms with Gasteiger partial charge in [0.05, 0.1) is 18.2 Å². The minimum Gasteiger partial charge on any atom is -0.486 e. The summed E-state index contributed by atoms with van der Waals surface area (Å²) in [6.45, 7) is 4.12. The molecule has 29 heavy (non-hydrogen) atoms. The van der Waals surface area contributed by atoms with Crippen molar-refractivity contribution in [2.75, 3.05) is 0 Å². The summed E-state index contributed by atoms with van der Waals surface area (Å²) in [6, 6.07) is 13.4. The van der Waals surface area contributed by atoms with E-state index in [0.29, 0.717) is 23.6 Å². The highest BCUT2D eigenvalue weighted by Gasteiger charge is 2.37. The fourth-order valence-corrected chi connectivity index (χ4v) is 3.92. The van der Waals surface area contributed by atoms with Crippen LogP contribution < -0.4 is 4.74 Å². The number of furan rings is 1. The van der Waals surface area contributed by atoms with Crippen LogP contribution in [0.2, 0.25) is 0 Å². The maximum atomic E-state index is 12.8. The first kappa shape index (κ1) is 17.7. The van der Waals surface area contributed by atoms with E-state index in [-0.39, 0.29) is 5.78 Å². The van der Waals surface area contributed by atoms with Crippen molar-refractivity contribution in [2.24, 2.45) is 0 Å². The highest BCUT2D eigenvalue weighted by atomic mass is 16.5. The number of aromatic nitrogens is 1. The first-order valence-electron chi connectivity index (χ1n) is 9.90. The maximum absolute atomic E-state index is 12.8. The van der Waals surface area contributed by atoms with Gasteiger partial charge in [-0.1, -0.05) is 26.0 Å². The molecule has 2 aromatic carbocycles. The van der Waals surface area contributed by atoms with Gasteiger partial charge in [-0.2, -0.15) is 0 Å². The topological polar surface area (TPSA) is 65.5 Å². The van der Waals surface area contributed by atoms with Gasteiger partial charge < -0.3 is 13.6 Å². The van der Waals surface area contributed by atoms with E-state index in [0.717, 1.165) is 40.6 Å². The van der Waals surface area contributed by atoms with Gasteiger partial charge in [0, 0.05) is 16.5 Å². The van der Waals surface area contributed by atoms with Gasteiger partial charge in [-0.3, -0.25) is 4.79 Å². The van der Waals surface area contributed by atoms with Crippen LogP contribution in [0.5, 0.6) is 5.75 Å². The van der Waals surface area contributed by atoms with Crippen molar-refractivity contribution in [3.05, 3.63) is 60.6 Å². The molecule has 0 unspecified atom stereocenters. The molecule has 0 N–H and O–H groups in total. The summed E-state index contributed by atoms with van der Waals surface area (Å²) in [5, 5.41) is 1.04. The average Bonchev–Trinajstić information content (AvgIpc) is 3.42. The molecule has 0 atom stereocenters. The van der Waals surface area contributed by atoms with Crippen LogP contribution in [0.25, 0.3) is 33.7 Å². The predicted molar refractivity (Wildman–Crippen MR) is 110 cm³/mol. The molecule has 0 saturated carbocycles. The van der Waals surface area contributed by atoms with E-state index < -0.39 is 5.60 Å². The molecule has 0 fully saturated rings. The molecule has 5 rings (SSSR count). The lowest BCUT2D eigenvalue weighted by Crippen LogP contribution is -2.40. The first-order chi connectivity index (χ1) is 14.1. The Labute approximate surface area is 168 Å². The third kappa shape index (κ3) is 2.94. The monoisotopic (exact) mass is 387 g/mol. The standard InChI is InChI=1S/C24H21NO4/c1-3-24(4-2)13-20(26)18-11-17(7-8-21(18)29-24)23-25-19(14-28-23)16-6-5-15-9-10-27-22(15)12-16/h5-12,14H,3-4,13H2,1-2H3. The molecule has 3 heterocycles. The fourth-order valence-electron chi connectivity index (χ4n) is 3.92. The minimum atomic E-state index is -0.397. The van der Waals surface area contributed by atoms with Gasteiger partial charge in [0.15, 0.2) is 5.78 Å². The van der Waals surface area contributed by atoms with Crippen LogP contribution in [0.1, 0.15) is 43.5 Å². The second kappa shape index (κ2) is 6.62. The van der Waals surface area contributed by atoms with Crippen molar-refractivity contribution in [2.45, 2.75) is 38.7 Å². The van der Waals surface area contributed by atoms with Gasteiger partial charge in [-0.05, 0) is 43.2 Å². The number of rotatable bonds is 4. The van der Waals surface area contributed by atoms with Crippen molar-refractivity contribution in [1.82, 2.24) is 4.98 Å². The lowest BCUT2D eigenvalue weighted by molar-refractivity contribution is 0.0350. The Kier molecular flexibility index (Phi) is 4.05. The number of benzene rings is 2. The zero-order valence-electron chi connectivity index (χ0n) is 16.4. The largest absolute Gasteiger partial charge is 0.486 e. The van der Waals surface area contributed by atoms with Crippen molar-refractivity contribution >= 4 is 16.8 Å². The van der Waals surface area contributed by atoms with E-state index in [4.69, 9.17) is 13.6 Å². The van der Waals surface area contributed by atoms with Gasteiger partial charge in [0.2, 0.25) is 5.89 Å². The minimum absolute atomic E-state index is 0.104. The quantitative estimate of drug-likeness (QED) is 0.412. The SMILES string of the molecule is CCC1(CC)CC(=O)c2cc(-c3nc(-c4ccc5ccoc5c4)co3)ccc2O1. The molecular weight excluding hydrogens is 366 g/mol. The molecule has 4 aromatic rings. The van der Waals surface area contributed by atoms with Crippen LogP contribution in [0.4, 0.5) is 0 Å². The second-order valence-corrected chi connectivity index (χ2v) is 7.51. The van der Waals surface area contributed by atoms with Crippen molar-refractivity contribution < 1.29 is 18.4 Å². The number of carbonyl (C=O) groups is 1. The lowest BCUT2D eigenvalue weighted by Gasteiger charge is -2.36. The number of ketones is 1. The Morgan fingerprint density at radius 3 is 2.66 bits per heavy atom. The van der Waals surface area contributed by atoms with Crippen molar-refractivity contribution in [1.29, 1.82) is 0 Å². The zero-order chi connectivity index (χ0) is 20.0. The van der Waals surface area contributed by atoms with E-state index in [2.05, 4.69) is 18.8 Å². The summed E-state index contributed by atoms with van der Waals surface area (Å²) >= 11 is 0. The average molecular weight is 387 g/mol. The molecule has 0 saturated heterocycles. The molecule has 5 nitrogen and oxygen atoms in total. The van der Waals surface area contributed by atoms with Gasteiger partial charge >= 0.3 is 0 Å². The molecule has 5 heteroatoms. The summed E-state index contributed by atoms with van der Waals surface area (Å²) in [5.41, 5.74) is 3.39. The normalized spacial score (nSPS) is 15.3. The molecule has 0 radical (unpaired) electrons. The zero-order valence-corrected chi connectivity index (χ0v) is 16.4. The molecule has 0 bridgehead atoms. The lowest BCUT2D eigenvalue weighted by atomic mass is 9.85. The second-order valence-electron chi connectivity index (χ2n) is 7.51. The molecular formula is C24H21NO4. The molecule has 1 aliphatic rings. The number of hydrogen-bond acceptors (Lipinski definition) is 5. The predicted octanol–water partition coefficient (Wildman–Crippen LogP) is 6.28. The Bertz CT molecular complexity index is 1210. The molecule has 0 aliphatic carbocycles. The van der Waals surface area contributed by atoms with Crippen molar-refractivity contribution in [3.8, 4) is 28.5 Å². The number of fused-ring (bicyclic) bond motifs is 2. The summed E-state index contributed by atoms with van der Waals surface area (Å²) in [6.07, 6.45) is 5.30. The Morgan fingerprint density at radius 2 is 1.83 bits per heavy atom.